The molecule has 1 aromatic heterocycles. The zero-order valence-electron chi connectivity index (χ0n) is 12.4. The first-order valence-electron chi connectivity index (χ1n) is 7.45. The summed E-state index contributed by atoms with van der Waals surface area (Å²) in [4.78, 5) is 20.3. The molecule has 0 saturated heterocycles. The Bertz CT molecular complexity index is 936. The minimum atomic E-state index is -0.0975. The van der Waals surface area contributed by atoms with E-state index >= 15 is 0 Å². The van der Waals surface area contributed by atoms with Crippen molar-refractivity contribution in [1.29, 1.82) is 0 Å². The molecule has 2 aliphatic rings. The number of fused-ring (bicyclic) bond motifs is 1. The van der Waals surface area contributed by atoms with E-state index in [1.807, 2.05) is 30.3 Å². The molecule has 0 radical (unpaired) electrons. The number of hydrogen-bond acceptors (Lipinski definition) is 3. The maximum atomic E-state index is 12.5. The fourth-order valence-corrected chi connectivity index (χ4v) is 2.72. The van der Waals surface area contributed by atoms with Crippen LogP contribution in [0.5, 0.6) is 0 Å². The largest absolute Gasteiger partial charge is 0.469 e. The highest BCUT2D eigenvalue weighted by Gasteiger charge is 2.18. The molecule has 0 amide bonds. The summed E-state index contributed by atoms with van der Waals surface area (Å²) in [6.45, 7) is 0. The van der Waals surface area contributed by atoms with Gasteiger partial charge in [0.2, 0.25) is 0 Å². The van der Waals surface area contributed by atoms with Crippen molar-refractivity contribution in [1.82, 2.24) is 14.5 Å². The Kier molecular flexibility index (Phi) is 3.31. The number of hydrogen-bond donors (Lipinski definition) is 1. The third-order valence-corrected chi connectivity index (χ3v) is 3.83. The lowest BCUT2D eigenvalue weighted by Gasteiger charge is -2.08. The highest BCUT2D eigenvalue weighted by atomic mass is 16.3. The van der Waals surface area contributed by atoms with Gasteiger partial charge in [0, 0.05) is 18.8 Å². The Hall–Kier alpha value is -3.08. The van der Waals surface area contributed by atoms with Crippen molar-refractivity contribution < 1.29 is 4.42 Å². The fraction of sp³-hybridized carbons (Fsp3) is 0.111. The van der Waals surface area contributed by atoms with Crippen LogP contribution in [0.15, 0.2) is 70.3 Å². The molecule has 0 spiro atoms. The number of nitrogens with zero attached hydrogens (tertiary/aromatic N) is 2. The van der Waals surface area contributed by atoms with E-state index < -0.39 is 0 Å². The predicted molar refractivity (Wildman–Crippen MR) is 86.1 cm³/mol. The van der Waals surface area contributed by atoms with E-state index in [2.05, 4.69) is 22.1 Å². The van der Waals surface area contributed by atoms with Gasteiger partial charge in [-0.1, -0.05) is 30.3 Å². The molecule has 1 aromatic carbocycles. The average molecular weight is 305 g/mol. The molecule has 0 unspecified atom stereocenters. The van der Waals surface area contributed by atoms with Gasteiger partial charge >= 0.3 is 0 Å². The molecule has 5 nitrogen and oxygen atoms in total. The SMILES string of the molecule is O=c1c(Cc2ccco2)nc2c(Cc3ccccc3)[nH]ccn1-2. The van der Waals surface area contributed by atoms with Gasteiger partial charge < -0.3 is 9.40 Å². The molecule has 114 valence electrons. The summed E-state index contributed by atoms with van der Waals surface area (Å²) in [5, 5.41) is 0. The van der Waals surface area contributed by atoms with E-state index in [0.29, 0.717) is 24.4 Å². The van der Waals surface area contributed by atoms with Crippen molar-refractivity contribution >= 4 is 0 Å². The lowest BCUT2D eigenvalue weighted by molar-refractivity contribution is 0.519. The summed E-state index contributed by atoms with van der Waals surface area (Å²) < 4.78 is 6.91. The Balaban J connectivity index is 1.74. The summed E-state index contributed by atoms with van der Waals surface area (Å²) in [6, 6.07) is 13.8. The molecule has 0 saturated carbocycles. The highest BCUT2D eigenvalue weighted by molar-refractivity contribution is 5.37. The van der Waals surface area contributed by atoms with Gasteiger partial charge in [-0.25, -0.2) is 4.98 Å². The van der Waals surface area contributed by atoms with E-state index in [1.54, 1.807) is 23.2 Å². The van der Waals surface area contributed by atoms with Crippen molar-refractivity contribution in [3.63, 3.8) is 0 Å². The molecular formula is C18H15N3O2. The molecule has 0 fully saturated rings. The summed E-state index contributed by atoms with van der Waals surface area (Å²) in [6.07, 6.45) is 6.18. The van der Waals surface area contributed by atoms with Crippen LogP contribution < -0.4 is 5.56 Å². The number of H-pyrrole nitrogens is 1. The van der Waals surface area contributed by atoms with Gasteiger partial charge in [-0.05, 0) is 17.7 Å². The highest BCUT2D eigenvalue weighted by Crippen LogP contribution is 2.16. The van der Waals surface area contributed by atoms with Crippen molar-refractivity contribution in [3.05, 3.63) is 94.2 Å². The molecule has 0 bridgehead atoms. The number of aromatic nitrogens is 3. The van der Waals surface area contributed by atoms with Crippen LogP contribution in [0.2, 0.25) is 0 Å². The molecule has 2 aromatic rings. The standard InChI is InChI=1S/C18H15N3O2/c22-18-16(12-14-7-4-10-23-14)20-17-15(19-8-9-21(17)18)11-13-5-2-1-3-6-13/h1-10,19H,11-12H2. The molecule has 5 heteroatoms. The number of imidazole rings is 1. The van der Waals surface area contributed by atoms with Crippen molar-refractivity contribution in [2.75, 3.05) is 0 Å². The van der Waals surface area contributed by atoms with Crippen LogP contribution >= 0.6 is 0 Å². The van der Waals surface area contributed by atoms with Crippen LogP contribution in [0.4, 0.5) is 0 Å². The van der Waals surface area contributed by atoms with Gasteiger partial charge in [0.1, 0.15) is 11.5 Å². The molecule has 4 rings (SSSR count). The van der Waals surface area contributed by atoms with Crippen LogP contribution in [-0.2, 0) is 12.8 Å². The van der Waals surface area contributed by atoms with Gasteiger partial charge in [-0.15, -0.1) is 0 Å². The van der Waals surface area contributed by atoms with Crippen LogP contribution in [0, 0.1) is 0 Å². The molecule has 2 aliphatic heterocycles. The van der Waals surface area contributed by atoms with Gasteiger partial charge in [0.05, 0.1) is 18.4 Å². The van der Waals surface area contributed by atoms with Gasteiger partial charge in [-0.3, -0.25) is 9.36 Å². The Morgan fingerprint density at radius 2 is 1.96 bits per heavy atom. The quantitative estimate of drug-likeness (QED) is 0.630. The predicted octanol–water partition coefficient (Wildman–Crippen LogP) is 2.77. The lowest BCUT2D eigenvalue weighted by atomic mass is 10.1. The Morgan fingerprint density at radius 1 is 1.09 bits per heavy atom. The number of nitrogens with one attached hydrogen (secondary N) is 1. The van der Waals surface area contributed by atoms with Crippen molar-refractivity contribution in [2.24, 2.45) is 0 Å². The maximum Gasteiger partial charge on any atom is 0.278 e. The normalized spacial score (nSPS) is 11.1. The van der Waals surface area contributed by atoms with E-state index in [9.17, 15) is 4.79 Å². The van der Waals surface area contributed by atoms with E-state index in [0.717, 1.165) is 11.5 Å². The van der Waals surface area contributed by atoms with Gasteiger partial charge in [-0.2, -0.15) is 0 Å². The number of rotatable bonds is 4. The second-order valence-electron chi connectivity index (χ2n) is 5.41. The van der Waals surface area contributed by atoms with Gasteiger partial charge in [0.15, 0.2) is 5.82 Å². The van der Waals surface area contributed by atoms with Crippen molar-refractivity contribution in [2.45, 2.75) is 12.8 Å². The monoisotopic (exact) mass is 305 g/mol. The lowest BCUT2D eigenvalue weighted by Crippen LogP contribution is -2.16. The van der Waals surface area contributed by atoms with Crippen LogP contribution in [0.3, 0.4) is 0 Å². The van der Waals surface area contributed by atoms with Gasteiger partial charge in [0.25, 0.3) is 5.56 Å². The molecule has 3 heterocycles. The fourth-order valence-electron chi connectivity index (χ4n) is 2.72. The van der Waals surface area contributed by atoms with Crippen LogP contribution in [-0.4, -0.2) is 14.5 Å². The third-order valence-electron chi connectivity index (χ3n) is 3.83. The molecule has 0 atom stereocenters. The summed E-state index contributed by atoms with van der Waals surface area (Å²) >= 11 is 0. The van der Waals surface area contributed by atoms with Crippen LogP contribution in [0.1, 0.15) is 22.7 Å². The topological polar surface area (TPSA) is 63.8 Å². The zero-order chi connectivity index (χ0) is 15.6. The molecule has 0 aliphatic carbocycles. The summed E-state index contributed by atoms with van der Waals surface area (Å²) in [5.41, 5.74) is 2.48. The minimum Gasteiger partial charge on any atom is -0.469 e. The summed E-state index contributed by atoms with van der Waals surface area (Å²) in [7, 11) is 0. The third kappa shape index (κ3) is 2.57. The minimum absolute atomic E-state index is 0.0975. The smallest absolute Gasteiger partial charge is 0.278 e. The second kappa shape index (κ2) is 5.61. The summed E-state index contributed by atoms with van der Waals surface area (Å²) in [5.74, 6) is 1.40. The first-order chi connectivity index (χ1) is 11.3. The number of furan rings is 1. The van der Waals surface area contributed by atoms with E-state index in [4.69, 9.17) is 4.42 Å². The molecular weight excluding hydrogens is 290 g/mol. The van der Waals surface area contributed by atoms with Crippen molar-refractivity contribution in [3.8, 4) is 5.82 Å². The maximum absolute atomic E-state index is 12.5. The Morgan fingerprint density at radius 3 is 2.74 bits per heavy atom. The number of benzene rings is 1. The number of aromatic amines is 1. The average Bonchev–Trinajstić information content (AvgIpc) is 3.19. The second-order valence-corrected chi connectivity index (χ2v) is 5.41. The van der Waals surface area contributed by atoms with E-state index in [1.165, 1.54) is 5.56 Å². The molecule has 23 heavy (non-hydrogen) atoms. The Labute approximate surface area is 132 Å². The van der Waals surface area contributed by atoms with Crippen LogP contribution in [0.25, 0.3) is 5.82 Å². The van der Waals surface area contributed by atoms with E-state index in [-0.39, 0.29) is 5.56 Å². The zero-order valence-corrected chi connectivity index (χ0v) is 12.4. The first kappa shape index (κ1) is 13.6. The first-order valence-corrected chi connectivity index (χ1v) is 7.45. The molecule has 1 N–H and O–H groups in total.